The molecule has 1 aromatic carbocycles. The van der Waals surface area contributed by atoms with E-state index in [0.717, 1.165) is 35.3 Å². The lowest BCUT2D eigenvalue weighted by Gasteiger charge is -2.14. The molecule has 2 heterocycles. The molecule has 1 aliphatic heterocycles. The zero-order valence-corrected chi connectivity index (χ0v) is 15.4. The average molecular weight is 357 g/mol. The molecule has 2 aromatic rings. The summed E-state index contributed by atoms with van der Waals surface area (Å²) in [7, 11) is 1.98. The number of hydrogen-bond donors (Lipinski definition) is 2. The highest BCUT2D eigenvalue weighted by Gasteiger charge is 2.21. The summed E-state index contributed by atoms with van der Waals surface area (Å²) < 4.78 is 5.99. The molecule has 25 heavy (non-hydrogen) atoms. The molecule has 1 aromatic heterocycles. The van der Waals surface area contributed by atoms with E-state index in [1.165, 1.54) is 10.4 Å². The monoisotopic (exact) mass is 357 g/mol. The Kier molecular flexibility index (Phi) is 5.56. The quantitative estimate of drug-likeness (QED) is 0.818. The van der Waals surface area contributed by atoms with E-state index in [4.69, 9.17) is 9.84 Å². The Morgan fingerprint density at radius 1 is 1.44 bits per heavy atom. The van der Waals surface area contributed by atoms with Crippen molar-refractivity contribution < 1.29 is 14.6 Å². The van der Waals surface area contributed by atoms with Crippen LogP contribution in [0, 0.1) is 0 Å². The van der Waals surface area contributed by atoms with E-state index in [0.29, 0.717) is 12.6 Å². The molecular weight excluding hydrogens is 334 g/mol. The molecule has 5 heteroatoms. The normalized spacial score (nSPS) is 15.8. The predicted octanol–water partition coefficient (Wildman–Crippen LogP) is 4.09. The lowest BCUT2D eigenvalue weighted by Crippen LogP contribution is -2.23. The summed E-state index contributed by atoms with van der Waals surface area (Å²) in [5.74, 6) is -0.000595. The molecule has 1 unspecified atom stereocenters. The lowest BCUT2D eigenvalue weighted by molar-refractivity contribution is -0.136. The summed E-state index contributed by atoms with van der Waals surface area (Å²) in [6.07, 6.45) is 4.26. The van der Waals surface area contributed by atoms with Crippen LogP contribution in [0.4, 0.5) is 0 Å². The topological polar surface area (TPSA) is 58.6 Å². The molecule has 132 valence electrons. The standard InChI is InChI=1S/C20H23NO3S/c1-3-15(21-2)5-6-16-17-10-13(11-19(22)23)4-7-18(17)24-12-14-8-9-25-20(14)16/h4,6-10,15,21H,3,5,11-12H2,1-2H3,(H,22,23). The van der Waals surface area contributed by atoms with E-state index in [1.54, 1.807) is 11.3 Å². The van der Waals surface area contributed by atoms with Gasteiger partial charge in [0, 0.05) is 22.0 Å². The highest BCUT2D eigenvalue weighted by atomic mass is 32.1. The first-order valence-electron chi connectivity index (χ1n) is 8.54. The Hall–Kier alpha value is -2.11. The zero-order valence-electron chi connectivity index (χ0n) is 14.5. The lowest BCUT2D eigenvalue weighted by atomic mass is 9.96. The Balaban J connectivity index is 2.06. The van der Waals surface area contributed by atoms with Gasteiger partial charge in [-0.3, -0.25) is 4.79 Å². The number of nitrogens with one attached hydrogen (secondary N) is 1. The van der Waals surface area contributed by atoms with Gasteiger partial charge in [-0.25, -0.2) is 0 Å². The minimum Gasteiger partial charge on any atom is -0.488 e. The fourth-order valence-corrected chi connectivity index (χ4v) is 4.08. The van der Waals surface area contributed by atoms with Crippen molar-refractivity contribution in [1.29, 1.82) is 0 Å². The summed E-state index contributed by atoms with van der Waals surface area (Å²) in [5.41, 5.74) is 4.12. The third kappa shape index (κ3) is 3.94. The number of ether oxygens (including phenoxy) is 1. The highest BCUT2D eigenvalue weighted by Crippen LogP contribution is 2.40. The second-order valence-electron chi connectivity index (χ2n) is 6.21. The largest absolute Gasteiger partial charge is 0.488 e. The van der Waals surface area contributed by atoms with Crippen molar-refractivity contribution in [3.63, 3.8) is 0 Å². The van der Waals surface area contributed by atoms with Gasteiger partial charge >= 0.3 is 5.97 Å². The fourth-order valence-electron chi connectivity index (χ4n) is 3.11. The molecule has 2 N–H and O–H groups in total. The maximum Gasteiger partial charge on any atom is 0.307 e. The number of hydrogen-bond acceptors (Lipinski definition) is 4. The van der Waals surface area contributed by atoms with Gasteiger partial charge in [-0.05, 0) is 54.6 Å². The molecule has 0 radical (unpaired) electrons. The van der Waals surface area contributed by atoms with Crippen LogP contribution in [0.1, 0.15) is 41.3 Å². The smallest absolute Gasteiger partial charge is 0.307 e. The molecule has 1 aliphatic rings. The number of thiophene rings is 1. The number of rotatable bonds is 6. The fraction of sp³-hybridized carbons (Fsp3) is 0.350. The minimum atomic E-state index is -0.821. The van der Waals surface area contributed by atoms with Gasteiger partial charge in [-0.1, -0.05) is 19.1 Å². The van der Waals surface area contributed by atoms with Gasteiger partial charge in [0.25, 0.3) is 0 Å². The summed E-state index contributed by atoms with van der Waals surface area (Å²) in [5, 5.41) is 14.5. The summed E-state index contributed by atoms with van der Waals surface area (Å²) >= 11 is 1.71. The number of benzene rings is 1. The van der Waals surface area contributed by atoms with Crippen molar-refractivity contribution in [2.75, 3.05) is 7.05 Å². The maximum absolute atomic E-state index is 11.1. The molecule has 0 amide bonds. The Morgan fingerprint density at radius 3 is 3.00 bits per heavy atom. The van der Waals surface area contributed by atoms with Crippen molar-refractivity contribution >= 4 is 22.9 Å². The zero-order chi connectivity index (χ0) is 17.8. The summed E-state index contributed by atoms with van der Waals surface area (Å²) in [6.45, 7) is 2.72. The van der Waals surface area contributed by atoms with E-state index >= 15 is 0 Å². The molecule has 4 nitrogen and oxygen atoms in total. The number of carboxylic acids is 1. The van der Waals surface area contributed by atoms with Gasteiger partial charge in [0.2, 0.25) is 0 Å². The molecule has 0 spiro atoms. The van der Waals surface area contributed by atoms with Gasteiger partial charge in [0.1, 0.15) is 12.4 Å². The molecule has 3 rings (SSSR count). The van der Waals surface area contributed by atoms with Crippen molar-refractivity contribution in [3.8, 4) is 5.75 Å². The summed E-state index contributed by atoms with van der Waals surface area (Å²) in [6, 6.07) is 8.23. The first-order valence-corrected chi connectivity index (χ1v) is 9.42. The van der Waals surface area contributed by atoms with Crippen molar-refractivity contribution in [3.05, 3.63) is 57.3 Å². The summed E-state index contributed by atoms with van der Waals surface area (Å²) in [4.78, 5) is 12.3. The van der Waals surface area contributed by atoms with Gasteiger partial charge in [0.05, 0.1) is 6.42 Å². The molecule has 0 saturated heterocycles. The van der Waals surface area contributed by atoms with E-state index in [2.05, 4.69) is 29.8 Å². The van der Waals surface area contributed by atoms with Gasteiger partial charge in [-0.2, -0.15) is 0 Å². The second kappa shape index (κ2) is 7.85. The third-order valence-electron chi connectivity index (χ3n) is 4.57. The van der Waals surface area contributed by atoms with Gasteiger partial charge < -0.3 is 15.2 Å². The van der Waals surface area contributed by atoms with Crippen LogP contribution in [-0.2, 0) is 17.8 Å². The van der Waals surface area contributed by atoms with Crippen molar-refractivity contribution in [2.24, 2.45) is 0 Å². The molecule has 0 bridgehead atoms. The van der Waals surface area contributed by atoms with Gasteiger partial charge in [-0.15, -0.1) is 11.3 Å². The van der Waals surface area contributed by atoms with Crippen LogP contribution >= 0.6 is 11.3 Å². The molecule has 0 aliphatic carbocycles. The average Bonchev–Trinajstić information content (AvgIpc) is 3.00. The van der Waals surface area contributed by atoms with Crippen molar-refractivity contribution in [2.45, 2.75) is 38.8 Å². The predicted molar refractivity (Wildman–Crippen MR) is 101 cm³/mol. The van der Waals surface area contributed by atoms with E-state index in [9.17, 15) is 4.79 Å². The van der Waals surface area contributed by atoms with Crippen LogP contribution in [0.3, 0.4) is 0 Å². The van der Waals surface area contributed by atoms with Crippen LogP contribution in [0.15, 0.2) is 35.7 Å². The number of aliphatic carboxylic acids is 1. The maximum atomic E-state index is 11.1. The van der Waals surface area contributed by atoms with Crippen LogP contribution in [0.5, 0.6) is 5.75 Å². The SMILES string of the molecule is CCC(CC=C1c2cc(CC(=O)O)ccc2OCc2ccsc21)NC. The van der Waals surface area contributed by atoms with Crippen LogP contribution in [-0.4, -0.2) is 24.2 Å². The first kappa shape index (κ1) is 17.7. The van der Waals surface area contributed by atoms with E-state index in [1.807, 2.05) is 25.2 Å². The minimum absolute atomic E-state index is 0.0198. The van der Waals surface area contributed by atoms with Crippen LogP contribution < -0.4 is 10.1 Å². The third-order valence-corrected chi connectivity index (χ3v) is 5.56. The van der Waals surface area contributed by atoms with Crippen LogP contribution in [0.25, 0.3) is 5.57 Å². The number of fused-ring (bicyclic) bond motifs is 2. The highest BCUT2D eigenvalue weighted by molar-refractivity contribution is 7.11. The first-order chi connectivity index (χ1) is 12.1. The van der Waals surface area contributed by atoms with Crippen LogP contribution in [0.2, 0.25) is 0 Å². The second-order valence-corrected chi connectivity index (χ2v) is 7.13. The Labute approximate surface area is 152 Å². The Bertz CT molecular complexity index is 790. The molecule has 1 atom stereocenters. The Morgan fingerprint density at radius 2 is 2.28 bits per heavy atom. The van der Waals surface area contributed by atoms with E-state index < -0.39 is 5.97 Å². The number of carboxylic acid groups (broad SMARTS) is 1. The number of carbonyl (C=O) groups is 1. The molecule has 0 fully saturated rings. The molecule has 0 saturated carbocycles. The van der Waals surface area contributed by atoms with Gasteiger partial charge in [0.15, 0.2) is 0 Å². The molecular formula is C20H23NO3S. The van der Waals surface area contributed by atoms with E-state index in [-0.39, 0.29) is 6.42 Å². The van der Waals surface area contributed by atoms with Crippen molar-refractivity contribution in [1.82, 2.24) is 5.32 Å².